The molecule has 0 heterocycles. The van der Waals surface area contributed by atoms with E-state index in [9.17, 15) is 9.90 Å². The molecule has 98 valence electrons. The average molecular weight is 367 g/mol. The topological polar surface area (TPSA) is 49.3 Å². The molecule has 0 saturated carbocycles. The number of aromatic hydroxyl groups is 1. The quantitative estimate of drug-likeness (QED) is 0.811. The van der Waals surface area contributed by atoms with Crippen LogP contribution in [0.5, 0.6) is 5.75 Å². The van der Waals surface area contributed by atoms with E-state index in [0.717, 1.165) is 21.2 Å². The Labute approximate surface area is 125 Å². The van der Waals surface area contributed by atoms with E-state index in [1.807, 2.05) is 24.3 Å². The number of hydrogen-bond acceptors (Lipinski definition) is 2. The first-order chi connectivity index (χ1) is 9.10. The highest BCUT2D eigenvalue weighted by atomic mass is 127. The van der Waals surface area contributed by atoms with Gasteiger partial charge in [-0.25, -0.2) is 0 Å². The molecular formula is C15H14INO2. The SMILES string of the molecule is CCc1cccc(NC(=O)c2cc(I)ccc2O)c1. The number of phenols is 1. The van der Waals surface area contributed by atoms with Gasteiger partial charge in [0, 0.05) is 9.26 Å². The summed E-state index contributed by atoms with van der Waals surface area (Å²) in [5.41, 5.74) is 2.18. The number of halogens is 1. The van der Waals surface area contributed by atoms with E-state index in [-0.39, 0.29) is 17.2 Å². The van der Waals surface area contributed by atoms with Crippen LogP contribution < -0.4 is 5.32 Å². The van der Waals surface area contributed by atoms with Crippen LogP contribution in [0.15, 0.2) is 42.5 Å². The normalized spacial score (nSPS) is 10.2. The van der Waals surface area contributed by atoms with Crippen molar-refractivity contribution < 1.29 is 9.90 Å². The lowest BCUT2D eigenvalue weighted by molar-refractivity contribution is 0.102. The van der Waals surface area contributed by atoms with Gasteiger partial charge in [-0.05, 0) is 64.9 Å². The van der Waals surface area contributed by atoms with Crippen LogP contribution in [0.2, 0.25) is 0 Å². The maximum atomic E-state index is 12.1. The van der Waals surface area contributed by atoms with Crippen LogP contribution in [0, 0.1) is 3.57 Å². The second-order valence-corrected chi connectivity index (χ2v) is 5.42. The number of phenolic OH excluding ortho intramolecular Hbond substituents is 1. The lowest BCUT2D eigenvalue weighted by atomic mass is 10.1. The van der Waals surface area contributed by atoms with Crippen LogP contribution in [0.25, 0.3) is 0 Å². The van der Waals surface area contributed by atoms with Gasteiger partial charge in [0.05, 0.1) is 5.56 Å². The molecule has 0 bridgehead atoms. The summed E-state index contributed by atoms with van der Waals surface area (Å²) in [6.07, 6.45) is 0.915. The molecule has 3 nitrogen and oxygen atoms in total. The van der Waals surface area contributed by atoms with Crippen molar-refractivity contribution in [3.05, 3.63) is 57.2 Å². The lowest BCUT2D eigenvalue weighted by Gasteiger charge is -2.08. The summed E-state index contributed by atoms with van der Waals surface area (Å²) in [6.45, 7) is 2.06. The zero-order valence-corrected chi connectivity index (χ0v) is 12.6. The Hall–Kier alpha value is -1.56. The van der Waals surface area contributed by atoms with Crippen molar-refractivity contribution in [2.45, 2.75) is 13.3 Å². The lowest BCUT2D eigenvalue weighted by Crippen LogP contribution is -2.12. The Morgan fingerprint density at radius 1 is 1.26 bits per heavy atom. The summed E-state index contributed by atoms with van der Waals surface area (Å²) in [7, 11) is 0. The van der Waals surface area contributed by atoms with Crippen LogP contribution in [0.1, 0.15) is 22.8 Å². The molecule has 0 aliphatic heterocycles. The largest absolute Gasteiger partial charge is 0.507 e. The van der Waals surface area contributed by atoms with Crippen molar-refractivity contribution in [1.82, 2.24) is 0 Å². The minimum absolute atomic E-state index is 0.00966. The van der Waals surface area contributed by atoms with Crippen molar-refractivity contribution in [2.75, 3.05) is 5.32 Å². The molecule has 0 radical (unpaired) electrons. The van der Waals surface area contributed by atoms with Gasteiger partial charge in [0.15, 0.2) is 0 Å². The number of carbonyl (C=O) groups is 1. The molecule has 0 atom stereocenters. The average Bonchev–Trinajstić information content (AvgIpc) is 2.41. The van der Waals surface area contributed by atoms with Crippen molar-refractivity contribution >= 4 is 34.2 Å². The maximum Gasteiger partial charge on any atom is 0.259 e. The third kappa shape index (κ3) is 3.47. The Bertz CT molecular complexity index is 611. The molecule has 0 aromatic heterocycles. The predicted molar refractivity (Wildman–Crippen MR) is 84.6 cm³/mol. The predicted octanol–water partition coefficient (Wildman–Crippen LogP) is 3.81. The smallest absolute Gasteiger partial charge is 0.259 e. The monoisotopic (exact) mass is 367 g/mol. The Balaban J connectivity index is 2.23. The summed E-state index contributed by atoms with van der Waals surface area (Å²) in [4.78, 5) is 12.1. The van der Waals surface area contributed by atoms with Gasteiger partial charge in [-0.2, -0.15) is 0 Å². The number of benzene rings is 2. The molecule has 0 spiro atoms. The fourth-order valence-corrected chi connectivity index (χ4v) is 2.25. The minimum Gasteiger partial charge on any atom is -0.507 e. The molecule has 2 aromatic carbocycles. The van der Waals surface area contributed by atoms with E-state index in [1.54, 1.807) is 12.1 Å². The molecule has 0 saturated heterocycles. The summed E-state index contributed by atoms with van der Waals surface area (Å²) in [5.74, 6) is -0.311. The Morgan fingerprint density at radius 2 is 2.05 bits per heavy atom. The van der Waals surface area contributed by atoms with Gasteiger partial charge in [-0.1, -0.05) is 19.1 Å². The van der Waals surface area contributed by atoms with Crippen LogP contribution in [-0.2, 0) is 6.42 Å². The molecule has 2 N–H and O–H groups in total. The minimum atomic E-state index is -0.302. The standard InChI is InChI=1S/C15H14INO2/c1-2-10-4-3-5-12(8-10)17-15(19)13-9-11(16)6-7-14(13)18/h3-9,18H,2H2,1H3,(H,17,19). The number of hydrogen-bond donors (Lipinski definition) is 2. The van der Waals surface area contributed by atoms with Crippen molar-refractivity contribution in [1.29, 1.82) is 0 Å². The molecule has 1 amide bonds. The maximum absolute atomic E-state index is 12.1. The first-order valence-electron chi connectivity index (χ1n) is 5.99. The summed E-state index contributed by atoms with van der Waals surface area (Å²) >= 11 is 2.11. The number of carbonyl (C=O) groups excluding carboxylic acids is 1. The Kier molecular flexibility index (Phi) is 4.42. The zero-order chi connectivity index (χ0) is 13.8. The van der Waals surface area contributed by atoms with Crippen molar-refractivity contribution in [2.24, 2.45) is 0 Å². The van der Waals surface area contributed by atoms with E-state index >= 15 is 0 Å². The number of rotatable bonds is 3. The van der Waals surface area contributed by atoms with Gasteiger partial charge in [0.25, 0.3) is 5.91 Å². The third-order valence-electron chi connectivity index (χ3n) is 2.80. The third-order valence-corrected chi connectivity index (χ3v) is 3.47. The molecule has 4 heteroatoms. The second-order valence-electron chi connectivity index (χ2n) is 4.17. The van der Waals surface area contributed by atoms with Gasteiger partial charge >= 0.3 is 0 Å². The van der Waals surface area contributed by atoms with E-state index in [1.165, 1.54) is 6.07 Å². The fraction of sp³-hybridized carbons (Fsp3) is 0.133. The molecular weight excluding hydrogens is 353 g/mol. The van der Waals surface area contributed by atoms with Gasteiger partial charge in [0.1, 0.15) is 5.75 Å². The molecule has 19 heavy (non-hydrogen) atoms. The number of aryl methyl sites for hydroxylation is 1. The van der Waals surface area contributed by atoms with E-state index in [0.29, 0.717) is 0 Å². The van der Waals surface area contributed by atoms with E-state index < -0.39 is 0 Å². The first-order valence-corrected chi connectivity index (χ1v) is 7.07. The number of anilines is 1. The van der Waals surface area contributed by atoms with Gasteiger partial charge in [-0.3, -0.25) is 4.79 Å². The highest BCUT2D eigenvalue weighted by Gasteiger charge is 2.11. The molecule has 2 aromatic rings. The van der Waals surface area contributed by atoms with Crippen molar-refractivity contribution in [3.63, 3.8) is 0 Å². The summed E-state index contributed by atoms with van der Waals surface area (Å²) in [6, 6.07) is 12.6. The molecule has 2 rings (SSSR count). The van der Waals surface area contributed by atoms with Gasteiger partial charge in [-0.15, -0.1) is 0 Å². The highest BCUT2D eigenvalue weighted by Crippen LogP contribution is 2.21. The molecule has 0 aliphatic rings. The second kappa shape index (κ2) is 6.06. The highest BCUT2D eigenvalue weighted by molar-refractivity contribution is 14.1. The van der Waals surface area contributed by atoms with Gasteiger partial charge in [0.2, 0.25) is 0 Å². The summed E-state index contributed by atoms with van der Waals surface area (Å²) in [5, 5.41) is 12.5. The van der Waals surface area contributed by atoms with Crippen LogP contribution in [0.4, 0.5) is 5.69 Å². The zero-order valence-electron chi connectivity index (χ0n) is 10.5. The molecule has 0 unspecified atom stereocenters. The van der Waals surface area contributed by atoms with Crippen LogP contribution >= 0.6 is 22.6 Å². The Morgan fingerprint density at radius 3 is 2.79 bits per heavy atom. The number of nitrogens with one attached hydrogen (secondary N) is 1. The first kappa shape index (κ1) is 13.9. The fourth-order valence-electron chi connectivity index (χ4n) is 1.76. The van der Waals surface area contributed by atoms with Gasteiger partial charge < -0.3 is 10.4 Å². The molecule has 0 fully saturated rings. The van der Waals surface area contributed by atoms with E-state index in [4.69, 9.17) is 0 Å². The number of amides is 1. The van der Waals surface area contributed by atoms with Crippen molar-refractivity contribution in [3.8, 4) is 5.75 Å². The molecule has 0 aliphatic carbocycles. The van der Waals surface area contributed by atoms with Crippen LogP contribution in [-0.4, -0.2) is 11.0 Å². The van der Waals surface area contributed by atoms with Crippen LogP contribution in [0.3, 0.4) is 0 Å². The summed E-state index contributed by atoms with van der Waals surface area (Å²) < 4.78 is 0.905. The van der Waals surface area contributed by atoms with E-state index in [2.05, 4.69) is 34.8 Å².